The van der Waals surface area contributed by atoms with Crippen LogP contribution in [0.4, 0.5) is 0 Å². The number of nitrogens with zero attached hydrogens (tertiary/aromatic N) is 1. The molecule has 0 radical (unpaired) electrons. The molecule has 0 rings (SSSR count). The summed E-state index contributed by atoms with van der Waals surface area (Å²) in [6.07, 6.45) is 0.111. The van der Waals surface area contributed by atoms with Crippen LogP contribution in [-0.2, 0) is 9.47 Å². The molecule has 0 spiro atoms. The van der Waals surface area contributed by atoms with Crippen LogP contribution in [0.3, 0.4) is 0 Å². The summed E-state index contributed by atoms with van der Waals surface area (Å²) in [6, 6.07) is 0. The zero-order chi connectivity index (χ0) is 18.9. The van der Waals surface area contributed by atoms with Crippen LogP contribution >= 0.6 is 0 Å². The van der Waals surface area contributed by atoms with Crippen molar-refractivity contribution in [3.05, 3.63) is 0 Å². The Bertz CT molecular complexity index is 283. The number of hydrogen-bond acceptors (Lipinski definition) is 8. The zero-order valence-corrected chi connectivity index (χ0v) is 15.9. The smallest absolute Gasteiger partial charge is 0.167 e. The maximum absolute atomic E-state index is 9.93. The van der Waals surface area contributed by atoms with Gasteiger partial charge < -0.3 is 40.7 Å². The normalized spacial score (nSPS) is 15.5. The molecule has 0 saturated heterocycles. The van der Waals surface area contributed by atoms with Gasteiger partial charge in [0.25, 0.3) is 0 Å². The van der Waals surface area contributed by atoms with Crippen LogP contribution in [0.2, 0.25) is 0 Å². The molecule has 8 heteroatoms. The molecule has 8 nitrogen and oxygen atoms in total. The predicted molar refractivity (Wildman–Crippen MR) is 98.4 cm³/mol. The van der Waals surface area contributed by atoms with Gasteiger partial charge >= 0.3 is 0 Å². The van der Waals surface area contributed by atoms with Crippen molar-refractivity contribution in [3.8, 4) is 0 Å². The van der Waals surface area contributed by atoms with E-state index < -0.39 is 25.1 Å². The van der Waals surface area contributed by atoms with Crippen molar-refractivity contribution in [1.29, 1.82) is 0 Å². The van der Waals surface area contributed by atoms with E-state index in [9.17, 15) is 10.2 Å². The maximum atomic E-state index is 9.93. The van der Waals surface area contributed by atoms with Crippen molar-refractivity contribution >= 4 is 0 Å². The average molecular weight is 366 g/mol. The third kappa shape index (κ3) is 13.5. The van der Waals surface area contributed by atoms with Crippen molar-refractivity contribution in [2.75, 3.05) is 59.1 Å². The molecule has 0 aromatic heterocycles. The lowest BCUT2D eigenvalue weighted by molar-refractivity contribution is -0.184. The number of nitrogens with two attached hydrogens (primary N) is 1. The number of aliphatic hydroxyl groups excluding tert-OH is 3. The molecule has 0 aliphatic heterocycles. The molecule has 0 aliphatic rings. The quantitative estimate of drug-likeness (QED) is 0.157. The van der Waals surface area contributed by atoms with Crippen molar-refractivity contribution in [1.82, 2.24) is 10.2 Å². The Morgan fingerprint density at radius 2 is 1.84 bits per heavy atom. The summed E-state index contributed by atoms with van der Waals surface area (Å²) in [5, 5.41) is 32.0. The lowest BCUT2D eigenvalue weighted by atomic mass is 10.2. The zero-order valence-electron chi connectivity index (χ0n) is 15.9. The standard InChI is InChI=1S/C17H39N3O5/c1-3-20(4-2)10-11-24-14-16(15(22)13-21)25-17(23)12-19-9-7-5-6-8-18/h15-17,19,21-23H,3-14,18H2,1-2H3. The molecule has 0 saturated carbocycles. The number of ether oxygens (including phenoxy) is 2. The largest absolute Gasteiger partial charge is 0.394 e. The number of hydrogen-bond donors (Lipinski definition) is 5. The summed E-state index contributed by atoms with van der Waals surface area (Å²) in [6.45, 7) is 8.79. The Kier molecular flexibility index (Phi) is 16.9. The summed E-state index contributed by atoms with van der Waals surface area (Å²) < 4.78 is 11.0. The van der Waals surface area contributed by atoms with Gasteiger partial charge in [-0.3, -0.25) is 0 Å². The van der Waals surface area contributed by atoms with E-state index in [0.717, 1.165) is 45.4 Å². The first kappa shape index (κ1) is 24.7. The first-order valence-corrected chi connectivity index (χ1v) is 9.42. The van der Waals surface area contributed by atoms with E-state index in [4.69, 9.17) is 20.3 Å². The van der Waals surface area contributed by atoms with E-state index in [2.05, 4.69) is 24.1 Å². The summed E-state index contributed by atoms with van der Waals surface area (Å²) >= 11 is 0. The monoisotopic (exact) mass is 365 g/mol. The van der Waals surface area contributed by atoms with Gasteiger partial charge in [-0.05, 0) is 39.0 Å². The Morgan fingerprint density at radius 1 is 1.12 bits per heavy atom. The second-order valence-corrected chi connectivity index (χ2v) is 6.03. The first-order valence-electron chi connectivity index (χ1n) is 9.42. The van der Waals surface area contributed by atoms with Gasteiger partial charge in [0.05, 0.1) is 19.8 Å². The van der Waals surface area contributed by atoms with Crippen LogP contribution < -0.4 is 11.1 Å². The Hall–Kier alpha value is -0.320. The number of rotatable bonds is 18. The third-order valence-electron chi connectivity index (χ3n) is 4.05. The summed E-state index contributed by atoms with van der Waals surface area (Å²) in [4.78, 5) is 2.22. The summed E-state index contributed by atoms with van der Waals surface area (Å²) in [5.41, 5.74) is 5.43. The lowest BCUT2D eigenvalue weighted by Gasteiger charge is -2.25. The van der Waals surface area contributed by atoms with Gasteiger partial charge in [-0.15, -0.1) is 0 Å². The van der Waals surface area contributed by atoms with Gasteiger partial charge in [0.2, 0.25) is 0 Å². The molecule has 3 atom stereocenters. The van der Waals surface area contributed by atoms with Crippen LogP contribution in [0.25, 0.3) is 0 Å². The molecule has 25 heavy (non-hydrogen) atoms. The average Bonchev–Trinajstić information content (AvgIpc) is 2.63. The van der Waals surface area contributed by atoms with Gasteiger partial charge in [0.15, 0.2) is 6.29 Å². The molecule has 3 unspecified atom stereocenters. The number of likely N-dealkylation sites (N-methyl/N-ethyl adjacent to an activating group) is 1. The summed E-state index contributed by atoms with van der Waals surface area (Å²) in [5.74, 6) is 0. The molecule has 6 N–H and O–H groups in total. The third-order valence-corrected chi connectivity index (χ3v) is 4.05. The van der Waals surface area contributed by atoms with E-state index in [0.29, 0.717) is 13.2 Å². The van der Waals surface area contributed by atoms with Gasteiger partial charge in [0.1, 0.15) is 12.2 Å². The minimum Gasteiger partial charge on any atom is -0.394 e. The van der Waals surface area contributed by atoms with Crippen molar-refractivity contribution in [2.45, 2.75) is 51.6 Å². The van der Waals surface area contributed by atoms with Crippen LogP contribution in [0.15, 0.2) is 0 Å². The molecular weight excluding hydrogens is 326 g/mol. The summed E-state index contributed by atoms with van der Waals surface area (Å²) in [7, 11) is 0. The lowest BCUT2D eigenvalue weighted by Crippen LogP contribution is -2.42. The molecule has 0 bridgehead atoms. The van der Waals surface area contributed by atoms with Crippen LogP contribution in [0, 0.1) is 0 Å². The van der Waals surface area contributed by atoms with Crippen LogP contribution in [0.1, 0.15) is 33.1 Å². The minimum atomic E-state index is -1.09. The highest BCUT2D eigenvalue weighted by Crippen LogP contribution is 2.04. The highest BCUT2D eigenvalue weighted by Gasteiger charge is 2.22. The van der Waals surface area contributed by atoms with Crippen molar-refractivity contribution < 1.29 is 24.8 Å². The molecule has 0 amide bonds. The fourth-order valence-electron chi connectivity index (χ4n) is 2.34. The Balaban J connectivity index is 4.00. The van der Waals surface area contributed by atoms with Crippen LogP contribution in [0.5, 0.6) is 0 Å². The number of aliphatic hydroxyl groups is 3. The highest BCUT2D eigenvalue weighted by molar-refractivity contribution is 4.69. The SMILES string of the molecule is CCN(CC)CCOCC(OC(O)CNCCCCCN)C(O)CO. The van der Waals surface area contributed by atoms with Crippen molar-refractivity contribution in [2.24, 2.45) is 5.73 Å². The predicted octanol–water partition coefficient (Wildman–Crippen LogP) is -0.880. The fourth-order valence-corrected chi connectivity index (χ4v) is 2.34. The van der Waals surface area contributed by atoms with E-state index in [-0.39, 0.29) is 13.2 Å². The van der Waals surface area contributed by atoms with E-state index in [1.807, 2.05) is 0 Å². The van der Waals surface area contributed by atoms with Crippen molar-refractivity contribution in [3.63, 3.8) is 0 Å². The van der Waals surface area contributed by atoms with E-state index in [1.165, 1.54) is 0 Å². The van der Waals surface area contributed by atoms with E-state index in [1.54, 1.807) is 0 Å². The number of nitrogens with one attached hydrogen (secondary N) is 1. The van der Waals surface area contributed by atoms with E-state index >= 15 is 0 Å². The molecule has 0 aromatic rings. The Morgan fingerprint density at radius 3 is 2.44 bits per heavy atom. The maximum Gasteiger partial charge on any atom is 0.167 e. The van der Waals surface area contributed by atoms with Gasteiger partial charge in [-0.2, -0.15) is 0 Å². The van der Waals surface area contributed by atoms with Crippen LogP contribution in [-0.4, -0.2) is 97.8 Å². The van der Waals surface area contributed by atoms with Gasteiger partial charge in [0, 0.05) is 13.1 Å². The minimum absolute atomic E-state index is 0.122. The number of unbranched alkanes of at least 4 members (excludes halogenated alkanes) is 2. The topological polar surface area (TPSA) is 120 Å². The molecular formula is C17H39N3O5. The molecule has 0 fully saturated rings. The molecule has 152 valence electrons. The van der Waals surface area contributed by atoms with Gasteiger partial charge in [-0.25, -0.2) is 0 Å². The highest BCUT2D eigenvalue weighted by atomic mass is 16.6. The Labute approximate surface area is 152 Å². The van der Waals surface area contributed by atoms with Gasteiger partial charge in [-0.1, -0.05) is 20.3 Å². The molecule has 0 aliphatic carbocycles. The molecule has 0 aromatic carbocycles. The second-order valence-electron chi connectivity index (χ2n) is 6.03. The fraction of sp³-hybridized carbons (Fsp3) is 1.00. The first-order chi connectivity index (χ1) is 12.1. The second kappa shape index (κ2) is 17.1. The molecule has 0 heterocycles.